The first-order chi connectivity index (χ1) is 6.22. The second-order valence-corrected chi connectivity index (χ2v) is 4.26. The average molecular weight is 225 g/mol. The van der Waals surface area contributed by atoms with Gasteiger partial charge in [-0.25, -0.2) is 0 Å². The van der Waals surface area contributed by atoms with Gasteiger partial charge in [-0.3, -0.25) is 0 Å². The molecule has 0 rings (SSSR count). The van der Waals surface area contributed by atoms with E-state index in [4.69, 9.17) is 28.3 Å². The molecule has 2 atom stereocenters. The largest absolute Gasteiger partial charge is 0.395 e. The van der Waals surface area contributed by atoms with Crippen LogP contribution < -0.4 is 0 Å². The van der Waals surface area contributed by atoms with Crippen LogP contribution in [0, 0.1) is 0 Å². The van der Waals surface area contributed by atoms with Crippen LogP contribution >= 0.6 is 23.2 Å². The molecule has 0 bridgehead atoms. The van der Waals surface area contributed by atoms with E-state index in [0.717, 1.165) is 25.7 Å². The third-order valence-electron chi connectivity index (χ3n) is 1.96. The van der Waals surface area contributed by atoms with Crippen molar-refractivity contribution in [2.75, 3.05) is 6.61 Å². The Hall–Kier alpha value is 0.280. The first-order valence-electron chi connectivity index (χ1n) is 4.72. The fraction of sp³-hybridized carbons (Fsp3) is 0.800. The van der Waals surface area contributed by atoms with Crippen LogP contribution in [0.3, 0.4) is 0 Å². The lowest BCUT2D eigenvalue weighted by Crippen LogP contribution is -2.18. The summed E-state index contributed by atoms with van der Waals surface area (Å²) < 4.78 is 0. The number of aliphatic hydroxyl groups excluding tert-OH is 1. The predicted octanol–water partition coefficient (Wildman–Crippen LogP) is 3.33. The van der Waals surface area contributed by atoms with Gasteiger partial charge in [-0.1, -0.05) is 18.9 Å². The summed E-state index contributed by atoms with van der Waals surface area (Å²) in [5.74, 6) is 0. The van der Waals surface area contributed by atoms with Crippen molar-refractivity contribution in [3.8, 4) is 0 Å². The number of rotatable bonds is 8. The van der Waals surface area contributed by atoms with Crippen LogP contribution in [0.1, 0.15) is 32.1 Å². The molecule has 0 unspecified atom stereocenters. The zero-order chi connectivity index (χ0) is 10.1. The van der Waals surface area contributed by atoms with Gasteiger partial charge >= 0.3 is 0 Å². The van der Waals surface area contributed by atoms with Gasteiger partial charge in [0.15, 0.2) is 0 Å². The molecule has 0 aromatic carbocycles. The minimum Gasteiger partial charge on any atom is -0.395 e. The molecule has 0 fully saturated rings. The molecule has 0 saturated carbocycles. The zero-order valence-corrected chi connectivity index (χ0v) is 9.40. The molecule has 0 amide bonds. The van der Waals surface area contributed by atoms with Crippen LogP contribution in [0.25, 0.3) is 0 Å². The molecule has 0 aliphatic rings. The van der Waals surface area contributed by atoms with E-state index in [-0.39, 0.29) is 17.4 Å². The molecule has 0 saturated heterocycles. The van der Waals surface area contributed by atoms with Crippen LogP contribution in [0.2, 0.25) is 0 Å². The van der Waals surface area contributed by atoms with Gasteiger partial charge in [0.1, 0.15) is 0 Å². The normalized spacial score (nSPS) is 15.3. The first-order valence-corrected chi connectivity index (χ1v) is 5.59. The Kier molecular flexibility index (Phi) is 9.05. The van der Waals surface area contributed by atoms with E-state index in [0.29, 0.717) is 0 Å². The number of hydrogen-bond acceptors (Lipinski definition) is 1. The quantitative estimate of drug-likeness (QED) is 0.381. The molecular weight excluding hydrogens is 207 g/mol. The summed E-state index contributed by atoms with van der Waals surface area (Å²) in [5.41, 5.74) is 0. The highest BCUT2D eigenvalue weighted by Crippen LogP contribution is 2.17. The van der Waals surface area contributed by atoms with E-state index >= 15 is 0 Å². The Labute approximate surface area is 90.7 Å². The number of halogens is 2. The van der Waals surface area contributed by atoms with Gasteiger partial charge in [-0.2, -0.15) is 0 Å². The summed E-state index contributed by atoms with van der Waals surface area (Å²) >= 11 is 11.7. The van der Waals surface area contributed by atoms with E-state index in [9.17, 15) is 0 Å². The summed E-state index contributed by atoms with van der Waals surface area (Å²) in [4.78, 5) is 0. The second-order valence-electron chi connectivity index (χ2n) is 3.14. The highest BCUT2D eigenvalue weighted by atomic mass is 35.5. The Morgan fingerprint density at radius 2 is 1.85 bits per heavy atom. The average Bonchev–Trinajstić information content (AvgIpc) is 2.16. The van der Waals surface area contributed by atoms with E-state index < -0.39 is 0 Å². The number of unbranched alkanes of at least 4 members (excludes halogenated alkanes) is 3. The highest BCUT2D eigenvalue weighted by molar-refractivity contribution is 6.30. The molecule has 0 aliphatic heterocycles. The molecule has 0 spiro atoms. The molecular formula is C10H18Cl2O. The van der Waals surface area contributed by atoms with Crippen molar-refractivity contribution in [3.63, 3.8) is 0 Å². The zero-order valence-electron chi connectivity index (χ0n) is 7.88. The van der Waals surface area contributed by atoms with Crippen molar-refractivity contribution in [1.82, 2.24) is 0 Å². The lowest BCUT2D eigenvalue weighted by atomic mass is 10.1. The molecule has 1 nitrogen and oxygen atoms in total. The molecule has 3 heteroatoms. The van der Waals surface area contributed by atoms with Gasteiger partial charge in [0.2, 0.25) is 0 Å². The number of aliphatic hydroxyl groups is 1. The van der Waals surface area contributed by atoms with Crippen molar-refractivity contribution >= 4 is 23.2 Å². The maximum Gasteiger partial charge on any atom is 0.0730 e. The highest BCUT2D eigenvalue weighted by Gasteiger charge is 2.14. The van der Waals surface area contributed by atoms with Crippen molar-refractivity contribution < 1.29 is 5.11 Å². The Morgan fingerprint density at radius 3 is 2.38 bits per heavy atom. The molecule has 0 radical (unpaired) electrons. The number of allylic oxidation sites excluding steroid dienone is 1. The standard InChI is InChI=1S/C10H18Cl2O/c1-2-3-4-5-6-7-9(11)10(12)8-13/h2,9-10,13H,1,3-8H2/t9-,10-/m0/s1. The third kappa shape index (κ3) is 7.36. The van der Waals surface area contributed by atoms with Crippen molar-refractivity contribution in [2.45, 2.75) is 42.9 Å². The summed E-state index contributed by atoms with van der Waals surface area (Å²) in [6, 6.07) is 0. The van der Waals surface area contributed by atoms with E-state index in [1.165, 1.54) is 6.42 Å². The van der Waals surface area contributed by atoms with Crippen LogP contribution in [-0.2, 0) is 0 Å². The van der Waals surface area contributed by atoms with Gasteiger partial charge in [0.05, 0.1) is 17.4 Å². The summed E-state index contributed by atoms with van der Waals surface area (Å²) in [5, 5.41) is 8.31. The molecule has 78 valence electrons. The van der Waals surface area contributed by atoms with Gasteiger partial charge < -0.3 is 5.11 Å². The Morgan fingerprint density at radius 1 is 1.15 bits per heavy atom. The molecule has 1 N–H and O–H groups in total. The maximum absolute atomic E-state index is 8.72. The van der Waals surface area contributed by atoms with E-state index in [1.807, 2.05) is 6.08 Å². The van der Waals surface area contributed by atoms with E-state index in [2.05, 4.69) is 6.58 Å². The minimum absolute atomic E-state index is 0.0393. The van der Waals surface area contributed by atoms with Crippen LogP contribution in [-0.4, -0.2) is 22.5 Å². The van der Waals surface area contributed by atoms with Crippen molar-refractivity contribution in [2.24, 2.45) is 0 Å². The fourth-order valence-corrected chi connectivity index (χ4v) is 1.46. The van der Waals surface area contributed by atoms with E-state index in [1.54, 1.807) is 0 Å². The lowest BCUT2D eigenvalue weighted by molar-refractivity contribution is 0.287. The molecule has 0 aromatic rings. The van der Waals surface area contributed by atoms with Gasteiger partial charge in [-0.05, 0) is 19.3 Å². The Bertz CT molecular complexity index is 128. The molecule has 0 aromatic heterocycles. The SMILES string of the molecule is C=CCCCCC[C@H](Cl)[C@@H](Cl)CO. The van der Waals surface area contributed by atoms with Crippen molar-refractivity contribution in [3.05, 3.63) is 12.7 Å². The summed E-state index contributed by atoms with van der Waals surface area (Å²) in [6.07, 6.45) is 7.27. The number of alkyl halides is 2. The molecule has 13 heavy (non-hydrogen) atoms. The summed E-state index contributed by atoms with van der Waals surface area (Å²) in [6.45, 7) is 3.62. The number of hydrogen-bond donors (Lipinski definition) is 1. The lowest BCUT2D eigenvalue weighted by Gasteiger charge is -2.12. The second kappa shape index (κ2) is 8.86. The minimum atomic E-state index is -0.305. The Balaban J connectivity index is 3.26. The third-order valence-corrected chi connectivity index (χ3v) is 3.05. The topological polar surface area (TPSA) is 20.2 Å². The smallest absolute Gasteiger partial charge is 0.0730 e. The fourth-order valence-electron chi connectivity index (χ4n) is 1.10. The monoisotopic (exact) mass is 224 g/mol. The van der Waals surface area contributed by atoms with Gasteiger partial charge in [-0.15, -0.1) is 29.8 Å². The van der Waals surface area contributed by atoms with Crippen LogP contribution in [0.4, 0.5) is 0 Å². The molecule has 0 heterocycles. The maximum atomic E-state index is 8.72. The van der Waals surface area contributed by atoms with Crippen LogP contribution in [0.5, 0.6) is 0 Å². The molecule has 0 aliphatic carbocycles. The van der Waals surface area contributed by atoms with Crippen molar-refractivity contribution in [1.29, 1.82) is 0 Å². The summed E-state index contributed by atoms with van der Waals surface area (Å²) in [7, 11) is 0. The first kappa shape index (κ1) is 13.3. The van der Waals surface area contributed by atoms with Gasteiger partial charge in [0, 0.05) is 0 Å². The van der Waals surface area contributed by atoms with Gasteiger partial charge in [0.25, 0.3) is 0 Å². The predicted molar refractivity (Wildman–Crippen MR) is 59.6 cm³/mol. The van der Waals surface area contributed by atoms with Crippen LogP contribution in [0.15, 0.2) is 12.7 Å².